The standard InChI is InChI=1S/C7H9NO2.CH4/c8-6-2-1-5(4-9)3-7(6)10;/h1-3,9-10H,4,8H2;1H4. The average molecular weight is 155 g/mol. The lowest BCUT2D eigenvalue weighted by atomic mass is 10.2. The van der Waals surface area contributed by atoms with E-state index in [-0.39, 0.29) is 19.8 Å². The number of hydrogen-bond acceptors (Lipinski definition) is 3. The van der Waals surface area contributed by atoms with Crippen LogP contribution in [-0.2, 0) is 6.61 Å². The summed E-state index contributed by atoms with van der Waals surface area (Å²) < 4.78 is 0. The van der Waals surface area contributed by atoms with Crippen LogP contribution >= 0.6 is 0 Å². The Bertz CT molecular complexity index is 236. The first-order valence-corrected chi connectivity index (χ1v) is 2.92. The fourth-order valence-corrected chi connectivity index (χ4v) is 0.688. The number of anilines is 1. The number of phenols is 1. The van der Waals surface area contributed by atoms with Gasteiger partial charge < -0.3 is 15.9 Å². The highest BCUT2D eigenvalue weighted by atomic mass is 16.3. The second-order valence-electron chi connectivity index (χ2n) is 2.05. The Balaban J connectivity index is 0.000001000. The van der Waals surface area contributed by atoms with Crippen LogP contribution < -0.4 is 5.73 Å². The van der Waals surface area contributed by atoms with Crippen LogP contribution in [0.5, 0.6) is 5.75 Å². The third kappa shape index (κ3) is 2.13. The summed E-state index contributed by atoms with van der Waals surface area (Å²) in [6.07, 6.45) is 0. The van der Waals surface area contributed by atoms with Crippen molar-refractivity contribution in [2.75, 3.05) is 5.73 Å². The molecule has 0 aliphatic rings. The molecule has 0 spiro atoms. The third-order valence-corrected chi connectivity index (χ3v) is 1.28. The van der Waals surface area contributed by atoms with Crippen molar-refractivity contribution in [3.63, 3.8) is 0 Å². The Kier molecular flexibility index (Phi) is 3.40. The number of benzene rings is 1. The summed E-state index contributed by atoms with van der Waals surface area (Å²) in [5.41, 5.74) is 6.30. The average Bonchev–Trinajstić information content (AvgIpc) is 1.95. The Hall–Kier alpha value is -1.22. The number of aliphatic hydroxyl groups excluding tert-OH is 1. The maximum absolute atomic E-state index is 9.00. The molecular weight excluding hydrogens is 142 g/mol. The van der Waals surface area contributed by atoms with Gasteiger partial charge in [-0.2, -0.15) is 0 Å². The van der Waals surface area contributed by atoms with Crippen molar-refractivity contribution in [3.8, 4) is 5.75 Å². The Morgan fingerprint density at radius 1 is 1.36 bits per heavy atom. The Morgan fingerprint density at radius 3 is 2.45 bits per heavy atom. The predicted octanol–water partition coefficient (Wildman–Crippen LogP) is 1.10. The van der Waals surface area contributed by atoms with E-state index >= 15 is 0 Å². The smallest absolute Gasteiger partial charge is 0.138 e. The Morgan fingerprint density at radius 2 is 2.00 bits per heavy atom. The highest BCUT2D eigenvalue weighted by Crippen LogP contribution is 2.20. The van der Waals surface area contributed by atoms with Crippen molar-refractivity contribution < 1.29 is 10.2 Å². The first-order valence-electron chi connectivity index (χ1n) is 2.92. The van der Waals surface area contributed by atoms with Crippen molar-refractivity contribution in [1.29, 1.82) is 0 Å². The molecule has 3 heteroatoms. The molecule has 0 aromatic heterocycles. The lowest BCUT2D eigenvalue weighted by molar-refractivity contribution is 0.281. The summed E-state index contributed by atoms with van der Waals surface area (Å²) in [7, 11) is 0. The largest absolute Gasteiger partial charge is 0.506 e. The van der Waals surface area contributed by atoms with Crippen LogP contribution in [0.15, 0.2) is 18.2 Å². The number of nitrogen functional groups attached to an aromatic ring is 1. The van der Waals surface area contributed by atoms with Crippen LogP contribution in [0.4, 0.5) is 5.69 Å². The molecule has 0 saturated carbocycles. The number of phenolic OH excluding ortho intramolecular Hbond substituents is 1. The molecule has 0 fully saturated rings. The van der Waals surface area contributed by atoms with Crippen molar-refractivity contribution >= 4 is 5.69 Å². The number of aliphatic hydroxyl groups is 1. The minimum absolute atomic E-state index is 0. The molecule has 1 aromatic carbocycles. The van der Waals surface area contributed by atoms with E-state index in [1.807, 2.05) is 0 Å². The number of aromatic hydroxyl groups is 1. The van der Waals surface area contributed by atoms with E-state index in [0.717, 1.165) is 0 Å². The molecule has 4 N–H and O–H groups in total. The topological polar surface area (TPSA) is 66.5 Å². The van der Waals surface area contributed by atoms with Gasteiger partial charge in [-0.15, -0.1) is 0 Å². The van der Waals surface area contributed by atoms with Gasteiger partial charge in [-0.3, -0.25) is 0 Å². The second-order valence-corrected chi connectivity index (χ2v) is 2.05. The van der Waals surface area contributed by atoms with E-state index in [4.69, 9.17) is 15.9 Å². The minimum atomic E-state index is -0.0756. The molecule has 1 aromatic rings. The maximum Gasteiger partial charge on any atom is 0.138 e. The lowest BCUT2D eigenvalue weighted by Gasteiger charge is -1.99. The second kappa shape index (κ2) is 3.83. The molecule has 3 nitrogen and oxygen atoms in total. The van der Waals surface area contributed by atoms with Crippen molar-refractivity contribution in [2.45, 2.75) is 14.0 Å². The molecule has 62 valence electrons. The summed E-state index contributed by atoms with van der Waals surface area (Å²) in [5, 5.41) is 17.6. The summed E-state index contributed by atoms with van der Waals surface area (Å²) in [6, 6.07) is 4.66. The molecule has 0 aliphatic carbocycles. The zero-order valence-corrected chi connectivity index (χ0v) is 5.41. The van der Waals surface area contributed by atoms with E-state index in [2.05, 4.69) is 0 Å². The quantitative estimate of drug-likeness (QED) is 0.420. The fourth-order valence-electron chi connectivity index (χ4n) is 0.688. The van der Waals surface area contributed by atoms with Crippen LogP contribution in [-0.4, -0.2) is 10.2 Å². The van der Waals surface area contributed by atoms with Crippen LogP contribution in [0.1, 0.15) is 13.0 Å². The Labute approximate surface area is 66.1 Å². The van der Waals surface area contributed by atoms with Crippen LogP contribution in [0.25, 0.3) is 0 Å². The van der Waals surface area contributed by atoms with Gasteiger partial charge in [0.2, 0.25) is 0 Å². The molecule has 1 rings (SSSR count). The van der Waals surface area contributed by atoms with Gasteiger partial charge in [0.25, 0.3) is 0 Å². The van der Waals surface area contributed by atoms with E-state index in [0.29, 0.717) is 11.3 Å². The van der Waals surface area contributed by atoms with Gasteiger partial charge in [0.1, 0.15) is 5.75 Å². The maximum atomic E-state index is 9.00. The highest BCUT2D eigenvalue weighted by Gasteiger charge is 1.95. The van der Waals surface area contributed by atoms with Gasteiger partial charge in [-0.05, 0) is 17.7 Å². The summed E-state index contributed by atoms with van der Waals surface area (Å²) >= 11 is 0. The van der Waals surface area contributed by atoms with Gasteiger partial charge in [0.15, 0.2) is 0 Å². The zero-order valence-electron chi connectivity index (χ0n) is 5.41. The SMILES string of the molecule is C.Nc1ccc(CO)cc1O. The number of rotatable bonds is 1. The van der Waals surface area contributed by atoms with Crippen molar-refractivity contribution in [3.05, 3.63) is 23.8 Å². The van der Waals surface area contributed by atoms with E-state index in [9.17, 15) is 0 Å². The highest BCUT2D eigenvalue weighted by molar-refractivity contribution is 5.52. The number of nitrogens with two attached hydrogens (primary N) is 1. The molecule has 0 heterocycles. The zero-order chi connectivity index (χ0) is 7.56. The molecule has 0 atom stereocenters. The summed E-state index contributed by atoms with van der Waals surface area (Å²) in [5.74, 6) is 0.0200. The van der Waals surface area contributed by atoms with E-state index in [1.54, 1.807) is 12.1 Å². The third-order valence-electron chi connectivity index (χ3n) is 1.28. The minimum Gasteiger partial charge on any atom is -0.506 e. The molecule has 0 amide bonds. The van der Waals surface area contributed by atoms with Crippen LogP contribution in [0.3, 0.4) is 0 Å². The molecule has 0 aliphatic heterocycles. The van der Waals surface area contributed by atoms with Crippen LogP contribution in [0.2, 0.25) is 0 Å². The molecule has 0 unspecified atom stereocenters. The molecule has 0 bridgehead atoms. The van der Waals surface area contributed by atoms with Crippen LogP contribution in [0, 0.1) is 0 Å². The fraction of sp³-hybridized carbons (Fsp3) is 0.250. The predicted molar refractivity (Wildman–Crippen MR) is 45.2 cm³/mol. The van der Waals surface area contributed by atoms with Gasteiger partial charge in [-0.1, -0.05) is 13.5 Å². The van der Waals surface area contributed by atoms with Gasteiger partial charge in [0, 0.05) is 0 Å². The summed E-state index contributed by atoms with van der Waals surface area (Å²) in [4.78, 5) is 0. The summed E-state index contributed by atoms with van der Waals surface area (Å²) in [6.45, 7) is -0.0756. The van der Waals surface area contributed by atoms with Gasteiger partial charge >= 0.3 is 0 Å². The normalized spacial score (nSPS) is 8.82. The molecule has 0 radical (unpaired) electrons. The lowest BCUT2D eigenvalue weighted by Crippen LogP contribution is -1.87. The first kappa shape index (κ1) is 9.78. The number of hydrogen-bond donors (Lipinski definition) is 3. The molecular formula is C8H13NO2. The van der Waals surface area contributed by atoms with Crippen molar-refractivity contribution in [1.82, 2.24) is 0 Å². The van der Waals surface area contributed by atoms with E-state index in [1.165, 1.54) is 6.07 Å². The van der Waals surface area contributed by atoms with Crippen molar-refractivity contribution in [2.24, 2.45) is 0 Å². The first-order chi connectivity index (χ1) is 4.74. The monoisotopic (exact) mass is 155 g/mol. The van der Waals surface area contributed by atoms with E-state index < -0.39 is 0 Å². The molecule has 11 heavy (non-hydrogen) atoms. The van der Waals surface area contributed by atoms with Gasteiger partial charge in [0.05, 0.1) is 12.3 Å². The molecule has 0 saturated heterocycles. The van der Waals surface area contributed by atoms with Gasteiger partial charge in [-0.25, -0.2) is 0 Å².